The van der Waals surface area contributed by atoms with Crippen LogP contribution in [0.5, 0.6) is 0 Å². The van der Waals surface area contributed by atoms with Crippen molar-refractivity contribution < 1.29 is 14.7 Å². The Balaban J connectivity index is 2.50. The number of aliphatic carboxylic acids is 1. The van der Waals surface area contributed by atoms with Crippen LogP contribution in [0.25, 0.3) is 0 Å². The summed E-state index contributed by atoms with van der Waals surface area (Å²) in [6, 6.07) is -0.379. The van der Waals surface area contributed by atoms with Gasteiger partial charge in [-0.1, -0.05) is 40.5 Å². The topological polar surface area (TPSA) is 78.4 Å². The molecule has 1 rings (SSSR count). The highest BCUT2D eigenvalue weighted by Gasteiger charge is 2.29. The second-order valence-corrected chi connectivity index (χ2v) is 6.44. The molecule has 4 atom stereocenters. The van der Waals surface area contributed by atoms with Gasteiger partial charge in [-0.2, -0.15) is 0 Å². The third-order valence-electron chi connectivity index (χ3n) is 4.54. The minimum Gasteiger partial charge on any atom is -0.481 e. The molecule has 4 unspecified atom stereocenters. The van der Waals surface area contributed by atoms with Gasteiger partial charge in [-0.15, -0.1) is 0 Å². The normalized spacial score (nSPS) is 27.9. The highest BCUT2D eigenvalue weighted by atomic mass is 16.4. The molecule has 0 heterocycles. The van der Waals surface area contributed by atoms with Crippen molar-refractivity contribution in [3.05, 3.63) is 0 Å². The fourth-order valence-corrected chi connectivity index (χ4v) is 2.81. The van der Waals surface area contributed by atoms with Gasteiger partial charge in [-0.25, -0.2) is 4.79 Å². The van der Waals surface area contributed by atoms with E-state index in [0.717, 1.165) is 12.8 Å². The van der Waals surface area contributed by atoms with Gasteiger partial charge in [-0.05, 0) is 24.2 Å². The number of carbonyl (C=O) groups is 2. The van der Waals surface area contributed by atoms with Crippen molar-refractivity contribution >= 4 is 12.0 Å². The van der Waals surface area contributed by atoms with Gasteiger partial charge in [0.25, 0.3) is 0 Å². The molecule has 1 fully saturated rings. The number of hydrogen-bond acceptors (Lipinski definition) is 2. The van der Waals surface area contributed by atoms with E-state index in [9.17, 15) is 9.59 Å². The molecular weight excluding hydrogens is 256 g/mol. The maximum Gasteiger partial charge on any atom is 0.315 e. The molecule has 0 aliphatic heterocycles. The fraction of sp³-hybridized carbons (Fsp3) is 0.867. The molecule has 0 aromatic rings. The van der Waals surface area contributed by atoms with Crippen LogP contribution >= 0.6 is 0 Å². The molecule has 5 nitrogen and oxygen atoms in total. The Kier molecular flexibility index (Phi) is 6.30. The minimum absolute atomic E-state index is 0.0400. The Labute approximate surface area is 121 Å². The molecule has 116 valence electrons. The predicted octanol–water partition coefficient (Wildman–Crippen LogP) is 2.61. The van der Waals surface area contributed by atoms with Crippen LogP contribution in [-0.2, 0) is 4.79 Å². The first-order valence-electron chi connectivity index (χ1n) is 7.60. The van der Waals surface area contributed by atoms with E-state index in [1.165, 1.54) is 6.42 Å². The van der Waals surface area contributed by atoms with E-state index >= 15 is 0 Å². The smallest absolute Gasteiger partial charge is 0.315 e. The lowest BCUT2D eigenvalue weighted by molar-refractivity contribution is -0.137. The molecule has 0 radical (unpaired) electrons. The van der Waals surface area contributed by atoms with Crippen LogP contribution in [0.15, 0.2) is 0 Å². The van der Waals surface area contributed by atoms with E-state index in [-0.39, 0.29) is 30.5 Å². The van der Waals surface area contributed by atoms with Crippen molar-refractivity contribution in [1.29, 1.82) is 0 Å². The monoisotopic (exact) mass is 284 g/mol. The SMILES string of the molecule is CC(C)C(CC(=O)O)NC(=O)NC1CCCC(C)C1C. The van der Waals surface area contributed by atoms with Crippen molar-refractivity contribution in [1.82, 2.24) is 10.6 Å². The van der Waals surface area contributed by atoms with Crippen molar-refractivity contribution in [2.45, 2.75) is 65.5 Å². The van der Waals surface area contributed by atoms with Gasteiger partial charge in [0.2, 0.25) is 0 Å². The lowest BCUT2D eigenvalue weighted by Gasteiger charge is -2.35. The molecule has 0 bridgehead atoms. The van der Waals surface area contributed by atoms with Crippen molar-refractivity contribution in [3.63, 3.8) is 0 Å². The first-order valence-corrected chi connectivity index (χ1v) is 7.60. The molecule has 1 aliphatic carbocycles. The summed E-state index contributed by atoms with van der Waals surface area (Å²) in [5.41, 5.74) is 0. The standard InChI is InChI=1S/C15H28N2O3/c1-9(2)13(8-14(18)19)17-15(20)16-12-7-5-6-10(3)11(12)4/h9-13H,5-8H2,1-4H3,(H,18,19)(H2,16,17,20). The number of amides is 2. The summed E-state index contributed by atoms with van der Waals surface area (Å²) < 4.78 is 0. The molecule has 20 heavy (non-hydrogen) atoms. The zero-order valence-electron chi connectivity index (χ0n) is 13.0. The molecular formula is C15H28N2O3. The lowest BCUT2D eigenvalue weighted by Crippen LogP contribution is -2.51. The van der Waals surface area contributed by atoms with E-state index in [4.69, 9.17) is 5.11 Å². The maximum absolute atomic E-state index is 12.0. The average Bonchev–Trinajstić information content (AvgIpc) is 2.33. The molecule has 1 saturated carbocycles. The number of urea groups is 1. The Bertz CT molecular complexity index is 344. The molecule has 0 aromatic heterocycles. The highest BCUT2D eigenvalue weighted by molar-refractivity contribution is 5.76. The van der Waals surface area contributed by atoms with Crippen LogP contribution in [-0.4, -0.2) is 29.2 Å². The van der Waals surface area contributed by atoms with Crippen LogP contribution < -0.4 is 10.6 Å². The van der Waals surface area contributed by atoms with Crippen molar-refractivity contribution in [2.24, 2.45) is 17.8 Å². The summed E-state index contributed by atoms with van der Waals surface area (Å²) in [6.07, 6.45) is 3.32. The Hall–Kier alpha value is -1.26. The number of hydrogen-bond donors (Lipinski definition) is 3. The van der Waals surface area contributed by atoms with Crippen LogP contribution in [0.4, 0.5) is 4.79 Å². The van der Waals surface area contributed by atoms with Gasteiger partial charge in [-0.3, -0.25) is 4.79 Å². The second-order valence-electron chi connectivity index (χ2n) is 6.44. The van der Waals surface area contributed by atoms with Crippen LogP contribution in [0.2, 0.25) is 0 Å². The zero-order chi connectivity index (χ0) is 15.3. The molecule has 1 aliphatic rings. The van der Waals surface area contributed by atoms with Crippen molar-refractivity contribution in [3.8, 4) is 0 Å². The molecule has 0 aromatic carbocycles. The Morgan fingerprint density at radius 2 is 1.90 bits per heavy atom. The van der Waals surface area contributed by atoms with Gasteiger partial charge in [0.15, 0.2) is 0 Å². The van der Waals surface area contributed by atoms with Crippen LogP contribution in [0.3, 0.4) is 0 Å². The molecule has 0 saturated heterocycles. The largest absolute Gasteiger partial charge is 0.481 e. The third-order valence-corrected chi connectivity index (χ3v) is 4.54. The summed E-state index contributed by atoms with van der Waals surface area (Å²) in [7, 11) is 0. The molecule has 2 amide bonds. The Morgan fingerprint density at radius 1 is 1.25 bits per heavy atom. The number of carboxylic acid groups (broad SMARTS) is 1. The number of carbonyl (C=O) groups excluding carboxylic acids is 1. The van der Waals surface area contributed by atoms with Gasteiger partial charge >= 0.3 is 12.0 Å². The Morgan fingerprint density at radius 3 is 2.45 bits per heavy atom. The van der Waals surface area contributed by atoms with Gasteiger partial charge < -0.3 is 15.7 Å². The number of nitrogens with one attached hydrogen (secondary N) is 2. The van der Waals surface area contributed by atoms with E-state index in [1.807, 2.05) is 13.8 Å². The van der Waals surface area contributed by atoms with E-state index < -0.39 is 5.97 Å². The van der Waals surface area contributed by atoms with Gasteiger partial charge in [0, 0.05) is 12.1 Å². The van der Waals surface area contributed by atoms with Crippen molar-refractivity contribution in [2.75, 3.05) is 0 Å². The predicted molar refractivity (Wildman–Crippen MR) is 78.5 cm³/mol. The van der Waals surface area contributed by atoms with E-state index in [2.05, 4.69) is 24.5 Å². The molecule has 0 spiro atoms. The first-order chi connectivity index (χ1) is 9.31. The van der Waals surface area contributed by atoms with E-state index in [0.29, 0.717) is 11.8 Å². The molecule has 3 N–H and O–H groups in total. The van der Waals surface area contributed by atoms with Gasteiger partial charge in [0.05, 0.1) is 6.42 Å². The third kappa shape index (κ3) is 5.02. The average molecular weight is 284 g/mol. The first kappa shape index (κ1) is 16.8. The highest BCUT2D eigenvalue weighted by Crippen LogP contribution is 2.29. The summed E-state index contributed by atoms with van der Waals surface area (Å²) in [4.78, 5) is 22.9. The lowest BCUT2D eigenvalue weighted by atomic mass is 9.78. The van der Waals surface area contributed by atoms with Gasteiger partial charge in [0.1, 0.15) is 0 Å². The minimum atomic E-state index is -0.886. The fourth-order valence-electron chi connectivity index (χ4n) is 2.81. The van der Waals surface area contributed by atoms with Crippen LogP contribution in [0, 0.1) is 17.8 Å². The second kappa shape index (κ2) is 7.50. The summed E-state index contributed by atoms with van der Waals surface area (Å²) in [5.74, 6) is 0.295. The number of rotatable bonds is 5. The quantitative estimate of drug-likeness (QED) is 0.726. The maximum atomic E-state index is 12.0. The summed E-state index contributed by atoms with van der Waals surface area (Å²) in [5, 5.41) is 14.7. The van der Waals surface area contributed by atoms with Crippen LogP contribution in [0.1, 0.15) is 53.4 Å². The van der Waals surface area contributed by atoms with E-state index in [1.54, 1.807) is 0 Å². The summed E-state index contributed by atoms with van der Waals surface area (Å²) in [6.45, 7) is 8.22. The molecule has 5 heteroatoms. The zero-order valence-corrected chi connectivity index (χ0v) is 13.0. The number of carboxylic acids is 1. The summed E-state index contributed by atoms with van der Waals surface area (Å²) >= 11 is 0.